The molecule has 3 saturated heterocycles. The van der Waals surface area contributed by atoms with Crippen molar-refractivity contribution in [3.05, 3.63) is 108 Å². The second-order valence-electron chi connectivity index (χ2n) is 15.8. The van der Waals surface area contributed by atoms with Gasteiger partial charge >= 0.3 is 5.97 Å². The van der Waals surface area contributed by atoms with Crippen LogP contribution >= 0.6 is 0 Å². The summed E-state index contributed by atoms with van der Waals surface area (Å²) >= 11 is 0. The Morgan fingerprint density at radius 3 is 2.02 bits per heavy atom. The van der Waals surface area contributed by atoms with E-state index >= 15 is 0 Å². The number of nitrogens with zero attached hydrogens (tertiary/aromatic N) is 3. The molecule has 7 amide bonds. The Labute approximate surface area is 371 Å². The number of benzene rings is 1. The van der Waals surface area contributed by atoms with E-state index in [1.54, 1.807) is 66.8 Å². The lowest BCUT2D eigenvalue weighted by molar-refractivity contribution is -0.158. The summed E-state index contributed by atoms with van der Waals surface area (Å²) < 4.78 is 5.66. The van der Waals surface area contributed by atoms with Gasteiger partial charge < -0.3 is 45.8 Å². The maximum Gasteiger partial charge on any atom is 0.328 e. The molecule has 18 heteroatoms. The standard InChI is InChI=1S/C46H55N7O11/c1-29-43(60)53-26-16-20-35(53)46(63)64-28-33(44(61)52-25-15-19-34(52)45(62)51(3)30(2)41(58)47-29)49-42(59)32(27-31-17-11-10-12-18-31)48-38(56)21-13-8-6-4-5-7-9-14-22-39(57)50-40-36(54)23-24-37(40)55/h4-14,17-18,21-22,29-30,32-35,54H,15-16,19-20,23-28H2,1-3H3,(H,47,58)(H,48,56)(H,49,59)(H,50,57)/t29?,30-,32?,33-,34-,35-/m0/s1. The maximum absolute atomic E-state index is 14.3. The van der Waals surface area contributed by atoms with Gasteiger partial charge in [0, 0.05) is 51.6 Å². The van der Waals surface area contributed by atoms with Crippen LogP contribution in [0.25, 0.3) is 0 Å². The van der Waals surface area contributed by atoms with Crippen molar-refractivity contribution in [2.45, 2.75) is 95.0 Å². The van der Waals surface area contributed by atoms with Crippen LogP contribution in [0.2, 0.25) is 0 Å². The van der Waals surface area contributed by atoms with Crippen molar-refractivity contribution in [3.8, 4) is 0 Å². The molecule has 3 aliphatic heterocycles. The minimum Gasteiger partial charge on any atom is -0.510 e. The van der Waals surface area contributed by atoms with Crippen LogP contribution in [0.4, 0.5) is 0 Å². The summed E-state index contributed by atoms with van der Waals surface area (Å²) in [6.07, 6.45) is 17.0. The average molecular weight is 882 g/mol. The van der Waals surface area contributed by atoms with Crippen LogP contribution in [0.3, 0.4) is 0 Å². The predicted molar refractivity (Wildman–Crippen MR) is 232 cm³/mol. The summed E-state index contributed by atoms with van der Waals surface area (Å²) in [5, 5.41) is 20.1. The molecular weight excluding hydrogens is 827 g/mol. The third kappa shape index (κ3) is 12.7. The summed E-state index contributed by atoms with van der Waals surface area (Å²) in [7, 11) is 1.44. The highest BCUT2D eigenvalue weighted by atomic mass is 16.5. The van der Waals surface area contributed by atoms with Crippen molar-refractivity contribution in [1.82, 2.24) is 36.0 Å². The minimum atomic E-state index is -1.48. The van der Waals surface area contributed by atoms with Gasteiger partial charge in [0.05, 0.1) is 0 Å². The quantitative estimate of drug-likeness (QED) is 0.113. The first-order chi connectivity index (χ1) is 30.7. The number of ketones is 1. The Bertz CT molecular complexity index is 2160. The SMILES string of the molecule is CC1NC(=O)[C@H](C)N(C)C(=O)[C@@H]2CCCN2C(=O)[C@@H](NC(=O)C(Cc2ccccc2)NC(=O)C=CC=CC=CC=CC=CC(=O)NC2=C(O)CCC2=O)COC(=O)[C@@H]2CCCN2C1=O. The van der Waals surface area contributed by atoms with Gasteiger partial charge in [0.15, 0.2) is 5.78 Å². The fourth-order valence-electron chi connectivity index (χ4n) is 7.62. The Morgan fingerprint density at radius 2 is 1.39 bits per heavy atom. The van der Waals surface area contributed by atoms with E-state index < -0.39 is 90.2 Å². The summed E-state index contributed by atoms with van der Waals surface area (Å²) in [4.78, 5) is 123. The lowest BCUT2D eigenvalue weighted by atomic mass is 10.0. The number of ether oxygens (including phenoxy) is 1. The molecule has 0 radical (unpaired) electrons. The number of esters is 1. The number of carbonyl (C=O) groups excluding carboxylic acids is 9. The predicted octanol–water partition coefficient (Wildman–Crippen LogP) is 1.12. The second kappa shape index (κ2) is 22.8. The first-order valence-electron chi connectivity index (χ1n) is 21.3. The van der Waals surface area contributed by atoms with Crippen molar-refractivity contribution < 1.29 is 53.0 Å². The Hall–Kier alpha value is -7.11. The third-order valence-electron chi connectivity index (χ3n) is 11.3. The maximum atomic E-state index is 14.3. The van der Waals surface area contributed by atoms with Gasteiger partial charge in [0.25, 0.3) is 0 Å². The number of likely N-dealkylation sites (N-methyl/N-ethyl adjacent to an activating group) is 1. The van der Waals surface area contributed by atoms with Gasteiger partial charge in [-0.2, -0.15) is 0 Å². The molecule has 340 valence electrons. The van der Waals surface area contributed by atoms with Gasteiger partial charge in [0.1, 0.15) is 54.3 Å². The van der Waals surface area contributed by atoms with Gasteiger partial charge in [-0.25, -0.2) is 4.79 Å². The van der Waals surface area contributed by atoms with E-state index in [9.17, 15) is 48.3 Å². The summed E-state index contributed by atoms with van der Waals surface area (Å²) in [5.41, 5.74) is 0.617. The van der Waals surface area contributed by atoms with Crippen molar-refractivity contribution in [1.29, 1.82) is 0 Å². The van der Waals surface area contributed by atoms with Crippen molar-refractivity contribution in [3.63, 3.8) is 0 Å². The van der Waals surface area contributed by atoms with Crippen molar-refractivity contribution in [2.75, 3.05) is 26.7 Å². The summed E-state index contributed by atoms with van der Waals surface area (Å²) in [5.74, 6) is -5.50. The van der Waals surface area contributed by atoms with Gasteiger partial charge in [0.2, 0.25) is 41.4 Å². The highest BCUT2D eigenvalue weighted by molar-refractivity contribution is 6.03. The number of fused-ring (bicyclic) bond motifs is 2. The largest absolute Gasteiger partial charge is 0.510 e. The van der Waals surface area contributed by atoms with Crippen LogP contribution in [-0.2, 0) is 54.3 Å². The molecule has 0 bridgehead atoms. The zero-order valence-corrected chi connectivity index (χ0v) is 36.1. The average Bonchev–Trinajstić information content (AvgIpc) is 4.05. The van der Waals surface area contributed by atoms with E-state index in [1.807, 2.05) is 0 Å². The molecule has 4 aliphatic rings. The lowest BCUT2D eigenvalue weighted by Gasteiger charge is -2.34. The molecule has 18 nitrogen and oxygen atoms in total. The number of allylic oxidation sites excluding steroid dienone is 10. The normalized spacial score (nSPS) is 24.6. The van der Waals surface area contributed by atoms with E-state index in [1.165, 1.54) is 59.9 Å². The van der Waals surface area contributed by atoms with E-state index in [4.69, 9.17) is 4.74 Å². The summed E-state index contributed by atoms with van der Waals surface area (Å²) in [6.45, 7) is 2.79. The summed E-state index contributed by atoms with van der Waals surface area (Å²) in [6, 6.07) is 2.21. The minimum absolute atomic E-state index is 0.0271. The monoisotopic (exact) mass is 881 g/mol. The van der Waals surface area contributed by atoms with Gasteiger partial charge in [-0.1, -0.05) is 78.9 Å². The van der Waals surface area contributed by atoms with Crippen LogP contribution in [0.5, 0.6) is 0 Å². The molecule has 6 atom stereocenters. The van der Waals surface area contributed by atoms with Crippen LogP contribution in [0.15, 0.2) is 103 Å². The second-order valence-corrected chi connectivity index (χ2v) is 15.8. The number of aliphatic hydroxyl groups is 1. The zero-order valence-electron chi connectivity index (χ0n) is 36.1. The fourth-order valence-corrected chi connectivity index (χ4v) is 7.62. The van der Waals surface area contributed by atoms with E-state index in [-0.39, 0.29) is 62.4 Å². The van der Waals surface area contributed by atoms with Crippen LogP contribution in [0, 0.1) is 0 Å². The van der Waals surface area contributed by atoms with E-state index in [0.717, 1.165) is 0 Å². The topological polar surface area (TPSA) is 241 Å². The van der Waals surface area contributed by atoms with Gasteiger partial charge in [-0.05, 0) is 45.1 Å². The number of carbonyl (C=O) groups is 9. The smallest absolute Gasteiger partial charge is 0.328 e. The molecule has 0 saturated carbocycles. The first kappa shape index (κ1) is 47.9. The van der Waals surface area contributed by atoms with E-state index in [0.29, 0.717) is 18.4 Å². The molecule has 2 unspecified atom stereocenters. The highest BCUT2D eigenvalue weighted by Gasteiger charge is 2.43. The molecule has 3 fully saturated rings. The van der Waals surface area contributed by atoms with Crippen molar-refractivity contribution in [2.24, 2.45) is 0 Å². The Kier molecular flexibility index (Phi) is 17.1. The van der Waals surface area contributed by atoms with Crippen LogP contribution < -0.4 is 21.3 Å². The molecule has 1 aromatic rings. The molecule has 64 heavy (non-hydrogen) atoms. The van der Waals surface area contributed by atoms with Gasteiger partial charge in [-0.15, -0.1) is 0 Å². The molecule has 5 rings (SSSR count). The van der Waals surface area contributed by atoms with Gasteiger partial charge in [-0.3, -0.25) is 38.4 Å². The number of hydrogen-bond acceptors (Lipinski definition) is 11. The Morgan fingerprint density at radius 1 is 0.797 bits per heavy atom. The zero-order chi connectivity index (χ0) is 46.3. The van der Waals surface area contributed by atoms with Crippen LogP contribution in [-0.4, -0.2) is 136 Å². The number of hydrogen-bond donors (Lipinski definition) is 5. The molecular formula is C46H55N7O11. The number of cyclic esters (lactones) is 1. The Balaban J connectivity index is 1.27. The highest BCUT2D eigenvalue weighted by Crippen LogP contribution is 2.24. The number of nitrogens with one attached hydrogen (secondary N) is 4. The molecule has 1 aliphatic carbocycles. The number of aliphatic hydroxyl groups excluding tert-OH is 1. The molecule has 0 spiro atoms. The fraction of sp³-hybridized carbons (Fsp3) is 0.413. The number of Topliss-reactive ketones (excluding diaryl/α,β-unsaturated/α-hetero) is 1. The number of rotatable bonds is 12. The third-order valence-corrected chi connectivity index (χ3v) is 11.3. The van der Waals surface area contributed by atoms with Crippen LogP contribution in [0.1, 0.15) is 57.9 Å². The molecule has 1 aromatic carbocycles. The lowest BCUT2D eigenvalue weighted by Crippen LogP contribution is -2.60. The number of amides is 7. The molecule has 0 aromatic heterocycles. The van der Waals surface area contributed by atoms with Crippen molar-refractivity contribution >= 4 is 53.1 Å². The molecule has 5 N–H and O–H groups in total. The van der Waals surface area contributed by atoms with E-state index in [2.05, 4.69) is 21.3 Å². The molecule has 3 heterocycles. The first-order valence-corrected chi connectivity index (χ1v) is 21.3.